The second-order valence-electron chi connectivity index (χ2n) is 12.1. The Labute approximate surface area is 270 Å². The molecule has 2 heterocycles. The highest BCUT2D eigenvalue weighted by atomic mass is 35.5. The van der Waals surface area contributed by atoms with E-state index in [1.165, 1.54) is 36.3 Å². The van der Waals surface area contributed by atoms with E-state index >= 15 is 0 Å². The number of carbonyl (C=O) groups excluding carboxylic acids is 2. The van der Waals surface area contributed by atoms with Gasteiger partial charge in [0, 0.05) is 37.6 Å². The van der Waals surface area contributed by atoms with Gasteiger partial charge in [-0.1, -0.05) is 53.5 Å². The van der Waals surface area contributed by atoms with Crippen LogP contribution in [0.3, 0.4) is 0 Å². The van der Waals surface area contributed by atoms with E-state index in [0.717, 1.165) is 44.7 Å². The van der Waals surface area contributed by atoms with Gasteiger partial charge in [0.1, 0.15) is 5.37 Å². The lowest BCUT2D eigenvalue weighted by atomic mass is 9.93. The highest BCUT2D eigenvalue weighted by Gasteiger charge is 2.37. The molecule has 2 aliphatic heterocycles. The largest absolute Gasteiger partial charge is 0.369 e. The predicted octanol–water partition coefficient (Wildman–Crippen LogP) is 2.85. The van der Waals surface area contributed by atoms with Crippen molar-refractivity contribution in [2.24, 2.45) is 23.4 Å². The molecule has 13 heteroatoms. The fourth-order valence-electron chi connectivity index (χ4n) is 6.32. The number of nitrogens with two attached hydrogens (primary N) is 2. The average molecular weight is 668 g/mol. The van der Waals surface area contributed by atoms with Crippen molar-refractivity contribution >= 4 is 44.9 Å². The molecule has 2 aromatic rings. The van der Waals surface area contributed by atoms with Crippen molar-refractivity contribution < 1.29 is 18.0 Å². The van der Waals surface area contributed by atoms with Gasteiger partial charge in [-0.15, -0.1) is 0 Å². The number of primary amides is 1. The van der Waals surface area contributed by atoms with Gasteiger partial charge in [-0.3, -0.25) is 20.3 Å². The van der Waals surface area contributed by atoms with Gasteiger partial charge in [-0.25, -0.2) is 13.4 Å². The monoisotopic (exact) mass is 666 g/mol. The van der Waals surface area contributed by atoms with Gasteiger partial charge in [0.05, 0.1) is 23.0 Å². The molecular formula is C31H44Cl2N6O4S. The summed E-state index contributed by atoms with van der Waals surface area (Å²) in [5.41, 5.74) is 6.70. The van der Waals surface area contributed by atoms with Crippen molar-refractivity contribution in [2.75, 3.05) is 52.4 Å². The van der Waals surface area contributed by atoms with Crippen molar-refractivity contribution in [1.82, 2.24) is 20.1 Å². The van der Waals surface area contributed by atoms with Crippen LogP contribution < -0.4 is 16.9 Å². The Bertz CT molecular complexity index is 1400. The van der Waals surface area contributed by atoms with Crippen molar-refractivity contribution in [2.45, 2.75) is 49.3 Å². The molecule has 2 aromatic carbocycles. The van der Waals surface area contributed by atoms with E-state index in [9.17, 15) is 18.0 Å². The third-order valence-electron chi connectivity index (χ3n) is 8.64. The Hall–Kier alpha value is -2.25. The number of hydrazine groups is 1. The normalized spacial score (nSPS) is 20.3. The molecule has 0 bridgehead atoms. The third kappa shape index (κ3) is 9.38. The first-order valence-corrected chi connectivity index (χ1v) is 17.5. The summed E-state index contributed by atoms with van der Waals surface area (Å²) in [7, 11) is -4.18. The lowest BCUT2D eigenvalue weighted by Crippen LogP contribution is -2.50. The van der Waals surface area contributed by atoms with Crippen LogP contribution >= 0.6 is 23.2 Å². The smallest absolute Gasteiger partial charge is 0.234 e. The minimum atomic E-state index is -4.18. The average Bonchev–Trinajstić information content (AvgIpc) is 3.60. The summed E-state index contributed by atoms with van der Waals surface area (Å²) < 4.78 is 28.2. The van der Waals surface area contributed by atoms with Crippen LogP contribution in [0.25, 0.3) is 0 Å². The van der Waals surface area contributed by atoms with Crippen LogP contribution in [0.15, 0.2) is 47.4 Å². The summed E-state index contributed by atoms with van der Waals surface area (Å²) in [6.07, 6.45) is 4.35. The Kier molecular flexibility index (Phi) is 12.5. The maximum absolute atomic E-state index is 14.1. The van der Waals surface area contributed by atoms with Crippen LogP contribution in [0, 0.1) is 18.8 Å². The lowest BCUT2D eigenvalue weighted by molar-refractivity contribution is -0.124. The van der Waals surface area contributed by atoms with Gasteiger partial charge in [0.2, 0.25) is 11.8 Å². The number of hydrogen-bond donors (Lipinski definition) is 3. The van der Waals surface area contributed by atoms with Crippen LogP contribution in [0.5, 0.6) is 0 Å². The second kappa shape index (κ2) is 15.8. The fourth-order valence-corrected chi connectivity index (χ4v) is 8.92. The quantitative estimate of drug-likeness (QED) is 0.195. The van der Waals surface area contributed by atoms with Crippen LogP contribution in [0.4, 0.5) is 0 Å². The van der Waals surface area contributed by atoms with Gasteiger partial charge in [0.25, 0.3) is 0 Å². The van der Waals surface area contributed by atoms with Gasteiger partial charge in [-0.05, 0) is 80.8 Å². The number of likely N-dealkylation sites (tertiary alicyclic amines) is 1. The number of carbonyl (C=O) groups is 2. The molecule has 0 radical (unpaired) electrons. The van der Waals surface area contributed by atoms with Crippen molar-refractivity contribution in [3.8, 4) is 0 Å². The van der Waals surface area contributed by atoms with E-state index in [1.807, 2.05) is 11.1 Å². The first-order valence-electron chi connectivity index (χ1n) is 15.2. The number of sulfone groups is 1. The summed E-state index contributed by atoms with van der Waals surface area (Å²) in [6.45, 7) is 6.27. The highest BCUT2D eigenvalue weighted by molar-refractivity contribution is 7.92. The van der Waals surface area contributed by atoms with Gasteiger partial charge in [0.15, 0.2) is 9.84 Å². The van der Waals surface area contributed by atoms with Gasteiger partial charge < -0.3 is 16.0 Å². The Morgan fingerprint density at radius 2 is 1.75 bits per heavy atom. The minimum Gasteiger partial charge on any atom is -0.369 e. The van der Waals surface area contributed by atoms with E-state index in [1.54, 1.807) is 31.2 Å². The number of amides is 2. The van der Waals surface area contributed by atoms with Crippen LogP contribution in [-0.4, -0.2) is 92.8 Å². The minimum absolute atomic E-state index is 0.00721. The fraction of sp³-hybridized carbons (Fsp3) is 0.548. The zero-order chi connectivity index (χ0) is 31.9. The topological polar surface area (TPSA) is 142 Å². The predicted molar refractivity (Wildman–Crippen MR) is 174 cm³/mol. The molecule has 2 aliphatic rings. The maximum Gasteiger partial charge on any atom is 0.234 e. The van der Waals surface area contributed by atoms with E-state index in [0.29, 0.717) is 29.0 Å². The van der Waals surface area contributed by atoms with Crippen LogP contribution in [-0.2, 0) is 25.8 Å². The van der Waals surface area contributed by atoms with E-state index in [-0.39, 0.29) is 28.8 Å². The molecule has 2 saturated heterocycles. The molecule has 0 spiro atoms. The third-order valence-corrected chi connectivity index (χ3v) is 11.8. The number of halogens is 2. The number of benzene rings is 2. The number of nitrogens with zero attached hydrogens (tertiary/aromatic N) is 3. The molecule has 2 amide bonds. The Balaban J connectivity index is 1.39. The maximum atomic E-state index is 14.1. The summed E-state index contributed by atoms with van der Waals surface area (Å²) in [4.78, 5) is 28.9. The highest BCUT2D eigenvalue weighted by Crippen LogP contribution is 2.34. The van der Waals surface area contributed by atoms with E-state index < -0.39 is 27.7 Å². The summed E-state index contributed by atoms with van der Waals surface area (Å²) in [6, 6.07) is 11.9. The first kappa shape index (κ1) is 34.6. The van der Waals surface area contributed by atoms with Gasteiger partial charge in [-0.2, -0.15) is 0 Å². The van der Waals surface area contributed by atoms with Crippen LogP contribution in [0.1, 0.15) is 36.8 Å². The first-order chi connectivity index (χ1) is 20.9. The molecule has 5 N–H and O–H groups in total. The van der Waals surface area contributed by atoms with Crippen molar-refractivity contribution in [3.05, 3.63) is 63.6 Å². The molecule has 0 saturated carbocycles. The molecule has 3 unspecified atom stereocenters. The molecule has 0 aliphatic carbocycles. The molecule has 44 heavy (non-hydrogen) atoms. The number of rotatable bonds is 15. The van der Waals surface area contributed by atoms with E-state index in [4.69, 9.17) is 34.8 Å². The van der Waals surface area contributed by atoms with E-state index in [2.05, 4.69) is 10.2 Å². The molecule has 0 aromatic heterocycles. The SMILES string of the molecule is Cc1c(Cl)ccc(S(=O)(=O)C(Cc2ccccc2)N(CC(N)=O)CC(=O)NCCCN2CCC(CC3CCN(N)C3)C2)c1Cl. The zero-order valence-corrected chi connectivity index (χ0v) is 27.6. The molecule has 3 atom stereocenters. The standard InChI is InChI=1S/C31H44Cl2N6O4S/c1-22-26(32)8-9-27(31(22)33)44(42,43)30(17-23-6-3-2-4-7-23)38(20-28(34)40)21-29(41)36-12-5-13-37-14-10-24(18-37)16-25-11-15-39(35)19-25/h2-4,6-9,24-25,30H,5,10-21,35H2,1H3,(H2,34,40)(H,36,41). The van der Waals surface area contributed by atoms with Crippen molar-refractivity contribution in [1.29, 1.82) is 0 Å². The summed E-state index contributed by atoms with van der Waals surface area (Å²) >= 11 is 12.7. The zero-order valence-electron chi connectivity index (χ0n) is 25.3. The summed E-state index contributed by atoms with van der Waals surface area (Å²) in [5.74, 6) is 6.16. The summed E-state index contributed by atoms with van der Waals surface area (Å²) in [5, 5.41) is 3.88. The molecule has 242 valence electrons. The molecular weight excluding hydrogens is 623 g/mol. The molecule has 4 rings (SSSR count). The Morgan fingerprint density at radius 1 is 1.05 bits per heavy atom. The van der Waals surface area contributed by atoms with Gasteiger partial charge >= 0.3 is 0 Å². The number of hydrogen-bond acceptors (Lipinski definition) is 8. The second-order valence-corrected chi connectivity index (χ2v) is 14.9. The molecule has 10 nitrogen and oxygen atoms in total. The Morgan fingerprint density at radius 3 is 2.43 bits per heavy atom. The van der Waals surface area contributed by atoms with Crippen LogP contribution in [0.2, 0.25) is 10.0 Å². The molecule has 2 fully saturated rings. The lowest BCUT2D eigenvalue weighted by Gasteiger charge is -2.30. The van der Waals surface area contributed by atoms with Crippen molar-refractivity contribution in [3.63, 3.8) is 0 Å². The number of nitrogens with one attached hydrogen (secondary N) is 1.